The molecule has 4 heteroatoms. The first-order chi connectivity index (χ1) is 5.54. The molecule has 0 radical (unpaired) electrons. The van der Waals surface area contributed by atoms with Crippen LogP contribution in [0.25, 0.3) is 0 Å². The van der Waals surface area contributed by atoms with Crippen molar-refractivity contribution >= 4 is 16.0 Å². The van der Waals surface area contributed by atoms with Gasteiger partial charge in [0.05, 0.1) is 6.54 Å². The smallest absolute Gasteiger partial charge is 0.185 e. The maximum absolute atomic E-state index is 5.24. The van der Waals surface area contributed by atoms with Crippen LogP contribution in [0.3, 0.4) is 0 Å². The average molecular weight is 191 g/mol. The molecule has 0 fully saturated rings. The fourth-order valence-electron chi connectivity index (χ4n) is 0.888. The van der Waals surface area contributed by atoms with Gasteiger partial charge in [-0.3, -0.25) is 4.99 Å². The number of nitrogens with two attached hydrogens (primary N) is 2. The van der Waals surface area contributed by atoms with Crippen molar-refractivity contribution in [2.45, 2.75) is 13.8 Å². The lowest BCUT2D eigenvalue weighted by Gasteiger charge is -2.32. The van der Waals surface area contributed by atoms with E-state index in [0.717, 1.165) is 12.3 Å². The highest BCUT2D eigenvalue weighted by Crippen LogP contribution is 2.42. The SMILES string of the molecule is CCS(C)(CC)CCN=C(N)N. The van der Waals surface area contributed by atoms with Crippen LogP contribution < -0.4 is 11.5 Å². The molecule has 0 aromatic rings. The van der Waals surface area contributed by atoms with E-state index in [1.807, 2.05) is 0 Å². The van der Waals surface area contributed by atoms with Gasteiger partial charge in [-0.15, -0.1) is 0 Å². The van der Waals surface area contributed by atoms with Crippen molar-refractivity contribution in [2.24, 2.45) is 16.5 Å². The number of hydrogen-bond acceptors (Lipinski definition) is 1. The second kappa shape index (κ2) is 5.30. The van der Waals surface area contributed by atoms with Crippen molar-refractivity contribution in [3.63, 3.8) is 0 Å². The minimum atomic E-state index is -0.429. The van der Waals surface area contributed by atoms with Crippen molar-refractivity contribution in [1.82, 2.24) is 0 Å². The molecule has 0 aliphatic carbocycles. The van der Waals surface area contributed by atoms with E-state index in [1.54, 1.807) is 0 Å². The third-order valence-corrected chi connectivity index (χ3v) is 6.23. The summed E-state index contributed by atoms with van der Waals surface area (Å²) in [4.78, 5) is 4.00. The van der Waals surface area contributed by atoms with Crippen LogP contribution in [0.2, 0.25) is 0 Å². The molecule has 0 atom stereocenters. The van der Waals surface area contributed by atoms with E-state index in [0.29, 0.717) is 0 Å². The minimum absolute atomic E-state index is 0.212. The second-order valence-electron chi connectivity index (χ2n) is 3.07. The number of rotatable bonds is 5. The van der Waals surface area contributed by atoms with E-state index >= 15 is 0 Å². The lowest BCUT2D eigenvalue weighted by Crippen LogP contribution is -2.24. The zero-order valence-corrected chi connectivity index (χ0v) is 9.16. The summed E-state index contributed by atoms with van der Waals surface area (Å²) in [6.07, 6.45) is 2.36. The normalized spacial score (nSPS) is 12.6. The first-order valence-corrected chi connectivity index (χ1v) is 6.85. The molecule has 0 bridgehead atoms. The molecule has 0 saturated heterocycles. The van der Waals surface area contributed by atoms with Crippen LogP contribution in [-0.2, 0) is 0 Å². The maximum Gasteiger partial charge on any atom is 0.185 e. The Labute approximate surface area is 76.9 Å². The van der Waals surface area contributed by atoms with E-state index in [-0.39, 0.29) is 5.96 Å². The summed E-state index contributed by atoms with van der Waals surface area (Å²) in [5.41, 5.74) is 10.5. The third-order valence-electron chi connectivity index (χ3n) is 2.27. The van der Waals surface area contributed by atoms with E-state index in [1.165, 1.54) is 11.5 Å². The molecule has 3 nitrogen and oxygen atoms in total. The lowest BCUT2D eigenvalue weighted by atomic mass is 10.8. The predicted molar refractivity (Wildman–Crippen MR) is 60.1 cm³/mol. The number of nitrogens with zero attached hydrogens (tertiary/aromatic N) is 1. The fourth-order valence-corrected chi connectivity index (χ4v) is 2.41. The molecule has 0 saturated carbocycles. The number of aliphatic imine (C=N–C) groups is 1. The molecule has 0 amide bonds. The Bertz CT molecular complexity index is 148. The number of hydrogen-bond donors (Lipinski definition) is 2. The highest BCUT2D eigenvalue weighted by molar-refractivity contribution is 8.33. The summed E-state index contributed by atoms with van der Waals surface area (Å²) >= 11 is 0. The van der Waals surface area contributed by atoms with E-state index in [9.17, 15) is 0 Å². The summed E-state index contributed by atoms with van der Waals surface area (Å²) < 4.78 is 0. The first kappa shape index (κ1) is 11.6. The Hall–Kier alpha value is -0.380. The Morgan fingerprint density at radius 1 is 1.25 bits per heavy atom. The van der Waals surface area contributed by atoms with Gasteiger partial charge in [-0.1, -0.05) is 13.8 Å². The van der Waals surface area contributed by atoms with Crippen LogP contribution in [0.4, 0.5) is 0 Å². The second-order valence-corrected chi connectivity index (χ2v) is 7.59. The van der Waals surface area contributed by atoms with Gasteiger partial charge >= 0.3 is 0 Å². The zero-order valence-electron chi connectivity index (χ0n) is 8.34. The molecule has 0 spiro atoms. The largest absolute Gasteiger partial charge is 0.370 e. The highest BCUT2D eigenvalue weighted by atomic mass is 32.3. The van der Waals surface area contributed by atoms with Crippen molar-refractivity contribution < 1.29 is 0 Å². The lowest BCUT2D eigenvalue weighted by molar-refractivity contribution is 1.11. The molecule has 0 aliphatic heterocycles. The standard InChI is InChI=1S/C8H21N3S/c1-4-12(3,5-2)7-6-11-8(9)10/h4-7H2,1-3H3,(H4,9,10,11). The van der Waals surface area contributed by atoms with Gasteiger partial charge in [0.1, 0.15) is 0 Å². The summed E-state index contributed by atoms with van der Waals surface area (Å²) in [6, 6.07) is 0. The Morgan fingerprint density at radius 3 is 2.08 bits per heavy atom. The summed E-state index contributed by atoms with van der Waals surface area (Å²) in [5.74, 6) is 3.90. The van der Waals surface area contributed by atoms with E-state index in [4.69, 9.17) is 11.5 Å². The van der Waals surface area contributed by atoms with Crippen LogP contribution in [0, 0.1) is 0 Å². The quantitative estimate of drug-likeness (QED) is 0.497. The minimum Gasteiger partial charge on any atom is -0.370 e. The van der Waals surface area contributed by atoms with Crippen molar-refractivity contribution in [3.8, 4) is 0 Å². The maximum atomic E-state index is 5.24. The van der Waals surface area contributed by atoms with Crippen molar-refractivity contribution in [3.05, 3.63) is 0 Å². The molecular weight excluding hydrogens is 170 g/mol. The molecule has 0 aromatic carbocycles. The summed E-state index contributed by atoms with van der Waals surface area (Å²) in [5, 5.41) is 0. The van der Waals surface area contributed by atoms with Crippen LogP contribution in [0.1, 0.15) is 13.8 Å². The van der Waals surface area contributed by atoms with E-state index in [2.05, 4.69) is 25.1 Å². The van der Waals surface area contributed by atoms with Crippen LogP contribution in [0.5, 0.6) is 0 Å². The van der Waals surface area contributed by atoms with Crippen LogP contribution in [-0.4, -0.2) is 36.0 Å². The van der Waals surface area contributed by atoms with Gasteiger partial charge in [0.25, 0.3) is 0 Å². The van der Waals surface area contributed by atoms with Crippen molar-refractivity contribution in [2.75, 3.05) is 30.1 Å². The molecule has 4 N–H and O–H groups in total. The van der Waals surface area contributed by atoms with Crippen LogP contribution >= 0.6 is 10.0 Å². The average Bonchev–Trinajstić information content (AvgIpc) is 2.03. The molecule has 0 unspecified atom stereocenters. The third kappa shape index (κ3) is 4.49. The summed E-state index contributed by atoms with van der Waals surface area (Å²) in [7, 11) is -0.429. The summed E-state index contributed by atoms with van der Waals surface area (Å²) in [6.45, 7) is 5.28. The molecule has 0 aliphatic rings. The predicted octanol–water partition coefficient (Wildman–Crippen LogP) is 0.734. The number of guanidine groups is 1. The Morgan fingerprint density at radius 2 is 1.75 bits per heavy atom. The first-order valence-electron chi connectivity index (χ1n) is 4.31. The Balaban J connectivity index is 3.81. The Kier molecular flexibility index (Phi) is 5.13. The van der Waals surface area contributed by atoms with Gasteiger partial charge < -0.3 is 11.5 Å². The monoisotopic (exact) mass is 191 g/mol. The molecule has 12 heavy (non-hydrogen) atoms. The highest BCUT2D eigenvalue weighted by Gasteiger charge is 2.11. The topological polar surface area (TPSA) is 64.4 Å². The van der Waals surface area contributed by atoms with Gasteiger partial charge in [0.15, 0.2) is 5.96 Å². The molecule has 0 rings (SSSR count). The van der Waals surface area contributed by atoms with Gasteiger partial charge in [-0.05, 0) is 23.5 Å². The van der Waals surface area contributed by atoms with Gasteiger partial charge in [-0.2, -0.15) is 0 Å². The van der Waals surface area contributed by atoms with Crippen molar-refractivity contribution in [1.29, 1.82) is 0 Å². The molecule has 0 aromatic heterocycles. The fraction of sp³-hybridized carbons (Fsp3) is 0.875. The zero-order chi connectivity index (χ0) is 9.61. The molecular formula is C8H21N3S. The molecule has 74 valence electrons. The molecule has 0 heterocycles. The van der Waals surface area contributed by atoms with Gasteiger partial charge in [-0.25, -0.2) is 10.0 Å². The van der Waals surface area contributed by atoms with Crippen LogP contribution in [0.15, 0.2) is 4.99 Å². The van der Waals surface area contributed by atoms with Gasteiger partial charge in [0, 0.05) is 0 Å². The van der Waals surface area contributed by atoms with Gasteiger partial charge in [0.2, 0.25) is 0 Å². The van der Waals surface area contributed by atoms with E-state index < -0.39 is 10.0 Å².